The summed E-state index contributed by atoms with van der Waals surface area (Å²) >= 11 is 1.30. The minimum atomic E-state index is -0.824. The number of aromatic nitrogens is 1. The molecule has 3 aromatic carbocycles. The maximum Gasteiger partial charge on any atom is 0.301 e. The smallest absolute Gasteiger partial charge is 0.301 e. The van der Waals surface area contributed by atoms with Crippen LogP contribution in [-0.2, 0) is 16.0 Å². The highest BCUT2D eigenvalue weighted by Crippen LogP contribution is 2.45. The lowest BCUT2D eigenvalue weighted by Gasteiger charge is -2.23. The summed E-state index contributed by atoms with van der Waals surface area (Å²) in [6.07, 6.45) is 1.70. The van der Waals surface area contributed by atoms with Crippen molar-refractivity contribution in [3.05, 3.63) is 88.5 Å². The van der Waals surface area contributed by atoms with Gasteiger partial charge in [-0.15, -0.1) is 0 Å². The molecule has 0 saturated carbocycles. The SMILES string of the molecule is COc1ccc2nc(N3C(=O)C(=O)/C(=C(/O)c4ccc5c(c4)CCCO5)C3c3cccc(C)c3)sc2c1. The number of amides is 1. The molecule has 0 aliphatic carbocycles. The molecule has 186 valence electrons. The van der Waals surface area contributed by atoms with Gasteiger partial charge in [0.1, 0.15) is 17.3 Å². The highest BCUT2D eigenvalue weighted by molar-refractivity contribution is 7.22. The predicted molar refractivity (Wildman–Crippen MR) is 142 cm³/mol. The van der Waals surface area contributed by atoms with E-state index in [0.29, 0.717) is 28.6 Å². The van der Waals surface area contributed by atoms with Crippen LogP contribution in [0.3, 0.4) is 0 Å². The number of hydrogen-bond donors (Lipinski definition) is 1. The molecule has 3 heterocycles. The number of aliphatic hydroxyl groups is 1. The first kappa shape index (κ1) is 23.2. The lowest BCUT2D eigenvalue weighted by molar-refractivity contribution is -0.132. The molecule has 0 spiro atoms. The van der Waals surface area contributed by atoms with Crippen molar-refractivity contribution in [3.8, 4) is 11.5 Å². The van der Waals surface area contributed by atoms with Gasteiger partial charge in [-0.05, 0) is 67.3 Å². The number of ether oxygens (including phenoxy) is 2. The number of carbonyl (C=O) groups excluding carboxylic acids is 2. The van der Waals surface area contributed by atoms with Crippen molar-refractivity contribution in [2.45, 2.75) is 25.8 Å². The Morgan fingerprint density at radius 2 is 2.00 bits per heavy atom. The fourth-order valence-corrected chi connectivity index (χ4v) is 5.99. The summed E-state index contributed by atoms with van der Waals surface area (Å²) in [5, 5.41) is 11.9. The van der Waals surface area contributed by atoms with Gasteiger partial charge in [-0.2, -0.15) is 0 Å². The van der Waals surface area contributed by atoms with Crippen LogP contribution < -0.4 is 14.4 Å². The lowest BCUT2D eigenvalue weighted by atomic mass is 9.93. The second-order valence-electron chi connectivity index (χ2n) is 9.19. The topological polar surface area (TPSA) is 89.0 Å². The second kappa shape index (κ2) is 9.05. The molecule has 0 bridgehead atoms. The number of ketones is 1. The molecular formula is C29H24N2O5S. The molecule has 1 N–H and O–H groups in total. The number of aliphatic hydroxyl groups excluding tert-OH is 1. The summed E-state index contributed by atoms with van der Waals surface area (Å²) in [6.45, 7) is 2.61. The average molecular weight is 513 g/mol. The van der Waals surface area contributed by atoms with Crippen LogP contribution >= 0.6 is 11.3 Å². The summed E-state index contributed by atoms with van der Waals surface area (Å²) in [5.74, 6) is -0.210. The van der Waals surface area contributed by atoms with Crippen molar-refractivity contribution in [2.24, 2.45) is 0 Å². The van der Waals surface area contributed by atoms with Crippen molar-refractivity contribution in [2.75, 3.05) is 18.6 Å². The standard InChI is InChI=1S/C29H24N2O5S/c1-16-5-3-6-18(13-16)25-24(26(32)19-8-11-22-17(14-19)7-4-12-36-22)27(33)28(34)31(25)29-30-21-10-9-20(35-2)15-23(21)37-29/h3,5-6,8-11,13-15,25,32H,4,7,12H2,1-2H3/b26-24+. The Morgan fingerprint density at radius 1 is 1.14 bits per heavy atom. The molecule has 1 atom stereocenters. The average Bonchev–Trinajstić information content (AvgIpc) is 3.45. The fraction of sp³-hybridized carbons (Fsp3) is 0.207. The van der Waals surface area contributed by atoms with Gasteiger partial charge in [0.25, 0.3) is 5.78 Å². The molecule has 6 rings (SSSR count). The third kappa shape index (κ3) is 3.94. The minimum absolute atomic E-state index is 0.0455. The van der Waals surface area contributed by atoms with E-state index < -0.39 is 17.7 Å². The highest BCUT2D eigenvalue weighted by Gasteiger charge is 2.48. The Balaban J connectivity index is 1.53. The molecule has 37 heavy (non-hydrogen) atoms. The summed E-state index contributed by atoms with van der Waals surface area (Å²) in [6, 6.07) is 17.6. The number of fused-ring (bicyclic) bond motifs is 2. The van der Waals surface area contributed by atoms with Gasteiger partial charge in [0.05, 0.1) is 35.5 Å². The molecule has 1 saturated heterocycles. The number of hydrogen-bond acceptors (Lipinski definition) is 7. The van der Waals surface area contributed by atoms with E-state index in [0.717, 1.165) is 40.0 Å². The molecule has 0 radical (unpaired) electrons. The van der Waals surface area contributed by atoms with Crippen LogP contribution in [-0.4, -0.2) is 35.5 Å². The van der Waals surface area contributed by atoms with E-state index in [1.807, 2.05) is 55.5 Å². The van der Waals surface area contributed by atoms with Crippen molar-refractivity contribution in [3.63, 3.8) is 0 Å². The van der Waals surface area contributed by atoms with E-state index in [1.54, 1.807) is 19.2 Å². The van der Waals surface area contributed by atoms with Crippen LogP contribution in [0.5, 0.6) is 11.5 Å². The van der Waals surface area contributed by atoms with Gasteiger partial charge in [-0.3, -0.25) is 14.5 Å². The third-order valence-corrected chi connectivity index (χ3v) is 7.79. The maximum atomic E-state index is 13.5. The number of carbonyl (C=O) groups is 2. The van der Waals surface area contributed by atoms with E-state index in [1.165, 1.54) is 16.2 Å². The summed E-state index contributed by atoms with van der Waals surface area (Å²) in [5.41, 5.74) is 3.89. The summed E-state index contributed by atoms with van der Waals surface area (Å²) in [4.78, 5) is 33.1. The molecule has 4 aromatic rings. The second-order valence-corrected chi connectivity index (χ2v) is 10.2. The Kier molecular flexibility index (Phi) is 5.68. The van der Waals surface area contributed by atoms with Gasteiger partial charge in [-0.25, -0.2) is 4.98 Å². The van der Waals surface area contributed by atoms with Crippen molar-refractivity contribution >= 4 is 44.1 Å². The van der Waals surface area contributed by atoms with E-state index in [4.69, 9.17) is 9.47 Å². The Hall–Kier alpha value is -4.17. The number of nitrogens with zero attached hydrogens (tertiary/aromatic N) is 2. The number of aryl methyl sites for hydroxylation is 2. The third-order valence-electron chi connectivity index (χ3n) is 6.77. The fourth-order valence-electron chi connectivity index (χ4n) is 4.97. The lowest BCUT2D eigenvalue weighted by Crippen LogP contribution is -2.29. The zero-order chi connectivity index (χ0) is 25.7. The Morgan fingerprint density at radius 3 is 2.81 bits per heavy atom. The normalized spacial score (nSPS) is 18.6. The van der Waals surface area contributed by atoms with E-state index in [-0.39, 0.29) is 11.3 Å². The van der Waals surface area contributed by atoms with Crippen molar-refractivity contribution < 1.29 is 24.2 Å². The van der Waals surface area contributed by atoms with Crippen molar-refractivity contribution in [1.82, 2.24) is 4.98 Å². The van der Waals surface area contributed by atoms with E-state index >= 15 is 0 Å². The first-order valence-corrected chi connectivity index (χ1v) is 12.8. The molecule has 1 amide bonds. The molecule has 1 fully saturated rings. The molecule has 1 aromatic heterocycles. The van der Waals surface area contributed by atoms with Crippen LogP contribution in [0.1, 0.15) is 34.7 Å². The van der Waals surface area contributed by atoms with Crippen LogP contribution in [0.25, 0.3) is 16.0 Å². The van der Waals surface area contributed by atoms with Crippen LogP contribution in [0.4, 0.5) is 5.13 Å². The summed E-state index contributed by atoms with van der Waals surface area (Å²) < 4.78 is 11.9. The van der Waals surface area contributed by atoms with Gasteiger partial charge in [0, 0.05) is 5.56 Å². The van der Waals surface area contributed by atoms with Crippen molar-refractivity contribution in [1.29, 1.82) is 0 Å². The zero-order valence-electron chi connectivity index (χ0n) is 20.4. The van der Waals surface area contributed by atoms with Gasteiger partial charge in [-0.1, -0.05) is 41.2 Å². The number of benzene rings is 3. The predicted octanol–water partition coefficient (Wildman–Crippen LogP) is 5.56. The number of methoxy groups -OCH3 is 1. The number of anilines is 1. The molecule has 8 heteroatoms. The van der Waals surface area contributed by atoms with Crippen LogP contribution in [0.2, 0.25) is 0 Å². The molecule has 1 unspecified atom stereocenters. The maximum absolute atomic E-state index is 13.5. The van der Waals surface area contributed by atoms with E-state index in [2.05, 4.69) is 4.98 Å². The monoisotopic (exact) mass is 512 g/mol. The van der Waals surface area contributed by atoms with Gasteiger partial charge >= 0.3 is 5.91 Å². The summed E-state index contributed by atoms with van der Waals surface area (Å²) in [7, 11) is 1.59. The molecule has 2 aliphatic heterocycles. The zero-order valence-corrected chi connectivity index (χ0v) is 21.2. The first-order chi connectivity index (χ1) is 17.9. The molecular weight excluding hydrogens is 488 g/mol. The van der Waals surface area contributed by atoms with Gasteiger partial charge < -0.3 is 14.6 Å². The van der Waals surface area contributed by atoms with E-state index in [9.17, 15) is 14.7 Å². The highest BCUT2D eigenvalue weighted by atomic mass is 32.1. The Bertz CT molecular complexity index is 1610. The number of thiazole rings is 1. The molecule has 2 aliphatic rings. The first-order valence-electron chi connectivity index (χ1n) is 12.0. The van der Waals surface area contributed by atoms with Crippen LogP contribution in [0, 0.1) is 6.92 Å². The van der Waals surface area contributed by atoms with Crippen LogP contribution in [0.15, 0.2) is 66.2 Å². The largest absolute Gasteiger partial charge is 0.507 e. The Labute approximate surface area is 217 Å². The number of rotatable bonds is 4. The van der Waals surface area contributed by atoms with Gasteiger partial charge in [0.15, 0.2) is 5.13 Å². The number of Topliss-reactive ketones (excluding diaryl/α,β-unsaturated/α-hetero) is 1. The quantitative estimate of drug-likeness (QED) is 0.219. The van der Waals surface area contributed by atoms with Gasteiger partial charge in [0.2, 0.25) is 0 Å². The molecule has 7 nitrogen and oxygen atoms in total. The minimum Gasteiger partial charge on any atom is -0.507 e.